The third-order valence-electron chi connectivity index (χ3n) is 7.05. The Hall–Kier alpha value is -3.65. The van der Waals surface area contributed by atoms with Crippen molar-refractivity contribution in [3.8, 4) is 11.3 Å². The number of aryl methyl sites for hydroxylation is 2. The Balaban J connectivity index is 1.88. The molecule has 0 aliphatic carbocycles. The summed E-state index contributed by atoms with van der Waals surface area (Å²) >= 11 is 0. The Morgan fingerprint density at radius 1 is 0.727 bits per heavy atom. The van der Waals surface area contributed by atoms with E-state index in [0.29, 0.717) is 0 Å². The van der Waals surface area contributed by atoms with E-state index in [2.05, 4.69) is 112 Å². The van der Waals surface area contributed by atoms with E-state index >= 15 is 0 Å². The summed E-state index contributed by atoms with van der Waals surface area (Å²) in [5.74, 6) is 0. The molecule has 33 heavy (non-hydrogen) atoms. The molecule has 0 bridgehead atoms. The quantitative estimate of drug-likeness (QED) is 0.242. The van der Waals surface area contributed by atoms with Gasteiger partial charge in [-0.25, -0.2) is 0 Å². The van der Waals surface area contributed by atoms with Crippen LogP contribution < -0.4 is 4.57 Å². The minimum absolute atomic E-state index is 0.0229. The second-order valence-electron chi connectivity index (χ2n) is 10.1. The van der Waals surface area contributed by atoms with Gasteiger partial charge in [-0.3, -0.25) is 0 Å². The highest BCUT2D eigenvalue weighted by atomic mass is 16.3. The molecule has 0 saturated heterocycles. The van der Waals surface area contributed by atoms with Crippen molar-refractivity contribution in [3.63, 3.8) is 0 Å². The summed E-state index contributed by atoms with van der Waals surface area (Å²) in [4.78, 5) is 0. The number of hydrogen-bond acceptors (Lipinski definition) is 1. The van der Waals surface area contributed by atoms with Crippen LogP contribution in [0.25, 0.3) is 54.9 Å². The summed E-state index contributed by atoms with van der Waals surface area (Å²) in [5.41, 5.74) is 8.23. The normalized spacial score (nSPS) is 12.4. The van der Waals surface area contributed by atoms with Crippen LogP contribution in [0.3, 0.4) is 0 Å². The van der Waals surface area contributed by atoms with Crippen molar-refractivity contribution in [2.45, 2.75) is 33.1 Å². The van der Waals surface area contributed by atoms with Gasteiger partial charge >= 0.3 is 0 Å². The van der Waals surface area contributed by atoms with E-state index in [1.165, 1.54) is 44.1 Å². The van der Waals surface area contributed by atoms with E-state index in [9.17, 15) is 0 Å². The average molecular weight is 431 g/mol. The molecule has 162 valence electrons. The Morgan fingerprint density at radius 3 is 2.06 bits per heavy atom. The highest BCUT2D eigenvalue weighted by molar-refractivity contribution is 6.18. The maximum Gasteiger partial charge on any atom is 0.224 e. The lowest BCUT2D eigenvalue weighted by atomic mass is 9.80. The first kappa shape index (κ1) is 20.0. The van der Waals surface area contributed by atoms with Crippen LogP contribution in [0, 0.1) is 6.92 Å². The van der Waals surface area contributed by atoms with Crippen LogP contribution in [0.1, 0.15) is 31.9 Å². The molecule has 0 fully saturated rings. The molecule has 0 spiro atoms. The van der Waals surface area contributed by atoms with Gasteiger partial charge < -0.3 is 4.42 Å². The molecule has 0 atom stereocenters. The zero-order chi connectivity index (χ0) is 22.9. The Bertz CT molecular complexity index is 1710. The van der Waals surface area contributed by atoms with E-state index in [-0.39, 0.29) is 5.41 Å². The number of furan rings is 1. The van der Waals surface area contributed by atoms with Crippen molar-refractivity contribution in [1.82, 2.24) is 0 Å². The minimum atomic E-state index is 0.0229. The van der Waals surface area contributed by atoms with Crippen LogP contribution in [0.4, 0.5) is 0 Å². The van der Waals surface area contributed by atoms with Crippen molar-refractivity contribution in [1.29, 1.82) is 0 Å². The van der Waals surface area contributed by atoms with Crippen molar-refractivity contribution in [3.05, 3.63) is 90.0 Å². The molecule has 2 aromatic heterocycles. The molecular formula is C31H28NO+. The van der Waals surface area contributed by atoms with Gasteiger partial charge in [-0.15, -0.1) is 0 Å². The first-order valence-electron chi connectivity index (χ1n) is 11.6. The van der Waals surface area contributed by atoms with Crippen LogP contribution in [0.2, 0.25) is 0 Å². The van der Waals surface area contributed by atoms with Crippen LogP contribution >= 0.6 is 0 Å². The van der Waals surface area contributed by atoms with Gasteiger partial charge in [0.1, 0.15) is 18.0 Å². The van der Waals surface area contributed by atoms with Crippen LogP contribution in [0.5, 0.6) is 0 Å². The van der Waals surface area contributed by atoms with E-state index in [0.717, 1.165) is 21.9 Å². The molecule has 2 heterocycles. The maximum absolute atomic E-state index is 6.49. The van der Waals surface area contributed by atoms with E-state index < -0.39 is 0 Å². The molecule has 6 rings (SSSR count). The summed E-state index contributed by atoms with van der Waals surface area (Å²) in [7, 11) is 2.18. The summed E-state index contributed by atoms with van der Waals surface area (Å²) < 4.78 is 8.84. The fourth-order valence-electron chi connectivity index (χ4n) is 5.42. The van der Waals surface area contributed by atoms with Gasteiger partial charge in [0.05, 0.1) is 10.9 Å². The number of rotatable bonds is 1. The average Bonchev–Trinajstić information content (AvgIpc) is 3.19. The second kappa shape index (κ2) is 6.92. The number of benzene rings is 4. The zero-order valence-corrected chi connectivity index (χ0v) is 19.9. The van der Waals surface area contributed by atoms with E-state index in [1.54, 1.807) is 0 Å². The molecule has 0 saturated carbocycles. The number of aromatic nitrogens is 1. The fourth-order valence-corrected chi connectivity index (χ4v) is 5.42. The van der Waals surface area contributed by atoms with Gasteiger partial charge in [0, 0.05) is 11.5 Å². The van der Waals surface area contributed by atoms with E-state index in [1.807, 2.05) is 6.07 Å². The standard InChI is InChI=1S/C31H28NO/c1-19-20-12-6-7-13-21(20)25(31(2,3)4)18-24(19)29-28-23-15-9-11-17-27(23)33-30(28)22-14-8-10-16-26(22)32(29)5/h6-18H,1-5H3/q+1. The number of fused-ring (bicyclic) bond motifs is 6. The zero-order valence-electron chi connectivity index (χ0n) is 19.9. The molecule has 0 radical (unpaired) electrons. The van der Waals surface area contributed by atoms with Crippen LogP contribution in [-0.2, 0) is 12.5 Å². The lowest BCUT2D eigenvalue weighted by Gasteiger charge is -2.24. The molecule has 0 amide bonds. The highest BCUT2D eigenvalue weighted by Crippen LogP contribution is 2.42. The van der Waals surface area contributed by atoms with Crippen molar-refractivity contribution in [2.75, 3.05) is 0 Å². The first-order valence-corrected chi connectivity index (χ1v) is 11.6. The fraction of sp³-hybridized carbons (Fsp3) is 0.194. The topological polar surface area (TPSA) is 17.0 Å². The minimum Gasteiger partial charge on any atom is -0.455 e. The van der Waals surface area contributed by atoms with Crippen LogP contribution in [0.15, 0.2) is 83.3 Å². The summed E-state index contributed by atoms with van der Waals surface area (Å²) in [6.07, 6.45) is 0. The molecule has 0 aliphatic rings. The SMILES string of the molecule is Cc1c(-c2c3c4ccccc4oc3c3ccccc3[n+]2C)cc(C(C)(C)C)c2ccccc12. The third kappa shape index (κ3) is 2.83. The molecule has 2 heteroatoms. The van der Waals surface area contributed by atoms with Crippen molar-refractivity contribution in [2.24, 2.45) is 7.05 Å². The van der Waals surface area contributed by atoms with Gasteiger partial charge in [0.2, 0.25) is 11.2 Å². The van der Waals surface area contributed by atoms with Crippen LogP contribution in [-0.4, -0.2) is 0 Å². The van der Waals surface area contributed by atoms with Gasteiger partial charge in [-0.1, -0.05) is 75.4 Å². The molecule has 4 aromatic carbocycles. The first-order chi connectivity index (χ1) is 15.9. The highest BCUT2D eigenvalue weighted by Gasteiger charge is 2.29. The number of nitrogens with zero attached hydrogens (tertiary/aromatic N) is 1. The van der Waals surface area contributed by atoms with Gasteiger partial charge in [-0.05, 0) is 52.4 Å². The number of hydrogen-bond donors (Lipinski definition) is 0. The van der Waals surface area contributed by atoms with Crippen molar-refractivity contribution < 1.29 is 8.98 Å². The summed E-state index contributed by atoms with van der Waals surface area (Å²) in [6, 6.07) is 28.2. The molecule has 0 unspecified atom stereocenters. The molecule has 6 aromatic rings. The monoisotopic (exact) mass is 430 g/mol. The van der Waals surface area contributed by atoms with Gasteiger partial charge in [0.15, 0.2) is 5.58 Å². The lowest BCUT2D eigenvalue weighted by Crippen LogP contribution is -2.32. The Morgan fingerprint density at radius 2 is 1.33 bits per heavy atom. The molecular weight excluding hydrogens is 402 g/mol. The number of para-hydroxylation sites is 2. The second-order valence-corrected chi connectivity index (χ2v) is 10.1. The maximum atomic E-state index is 6.49. The third-order valence-corrected chi connectivity index (χ3v) is 7.05. The summed E-state index contributed by atoms with van der Waals surface area (Å²) in [5, 5.41) is 6.14. The Labute approximate surface area is 194 Å². The van der Waals surface area contributed by atoms with Crippen molar-refractivity contribution >= 4 is 43.6 Å². The predicted molar refractivity (Wildman–Crippen MR) is 139 cm³/mol. The van der Waals surface area contributed by atoms with E-state index in [4.69, 9.17) is 4.42 Å². The summed E-state index contributed by atoms with van der Waals surface area (Å²) in [6.45, 7) is 9.17. The van der Waals surface area contributed by atoms with Gasteiger partial charge in [0.25, 0.3) is 0 Å². The largest absolute Gasteiger partial charge is 0.455 e. The molecule has 2 nitrogen and oxygen atoms in total. The smallest absolute Gasteiger partial charge is 0.224 e. The van der Waals surface area contributed by atoms with Gasteiger partial charge in [-0.2, -0.15) is 4.57 Å². The molecule has 0 N–H and O–H groups in total. The molecule has 0 aliphatic heterocycles. The Kier molecular flexibility index (Phi) is 4.19. The lowest BCUT2D eigenvalue weighted by molar-refractivity contribution is -0.632. The number of pyridine rings is 1. The predicted octanol–water partition coefficient (Wildman–Crippen LogP) is 7.99.